The molecule has 196 valence electrons. The molecule has 4 heterocycles. The van der Waals surface area contributed by atoms with Crippen molar-refractivity contribution in [3.05, 3.63) is 42.8 Å². The van der Waals surface area contributed by atoms with Crippen molar-refractivity contribution in [1.82, 2.24) is 30.0 Å². The number of H-pyrrole nitrogens is 1. The number of ether oxygens (including phenoxy) is 1. The summed E-state index contributed by atoms with van der Waals surface area (Å²) in [5.41, 5.74) is 4.53. The van der Waals surface area contributed by atoms with Gasteiger partial charge in [-0.15, -0.1) is 5.10 Å². The van der Waals surface area contributed by atoms with Crippen LogP contribution in [0.1, 0.15) is 5.69 Å². The van der Waals surface area contributed by atoms with Crippen LogP contribution in [0.25, 0.3) is 0 Å². The fraction of sp³-hybridized carbons (Fsp3) is 0.333. The number of thioether (sulfide) groups is 2. The average molecular weight is 617 g/mol. The Bertz CT molecular complexity index is 1450. The van der Waals surface area contributed by atoms with E-state index in [1.54, 1.807) is 4.94 Å². The Kier molecular flexibility index (Phi) is 7.76. The van der Waals surface area contributed by atoms with Crippen LogP contribution in [0, 0.1) is 0 Å². The van der Waals surface area contributed by atoms with Gasteiger partial charge < -0.3 is 0 Å². The molecular formula is C18H18N8O8S2Se. The molecule has 2 aromatic rings. The summed E-state index contributed by atoms with van der Waals surface area (Å²) in [4.78, 5) is 72.1. The predicted molar refractivity (Wildman–Crippen MR) is 131 cm³/mol. The topological polar surface area (TPSA) is 224 Å². The number of carboxylic acid groups (broad SMARTS) is 1. The summed E-state index contributed by atoms with van der Waals surface area (Å²) in [6.07, 6.45) is -1.63. The first-order valence-electron chi connectivity index (χ1n) is 10.1. The fourth-order valence-electron chi connectivity index (χ4n) is 3.35. The summed E-state index contributed by atoms with van der Waals surface area (Å²) in [6.45, 7) is 0. The van der Waals surface area contributed by atoms with Crippen LogP contribution in [0.2, 0.25) is 0 Å². The maximum atomic E-state index is 13.0. The van der Waals surface area contributed by atoms with Crippen molar-refractivity contribution in [3.63, 3.8) is 0 Å². The second-order valence-corrected chi connectivity index (χ2v) is 11.2. The minimum absolute atomic E-state index is 0.107. The Morgan fingerprint density at radius 2 is 2.19 bits per heavy atom. The van der Waals surface area contributed by atoms with E-state index in [1.165, 1.54) is 25.9 Å². The first-order valence-corrected chi connectivity index (χ1v) is 14.0. The number of anilines is 1. The standard InChI is InChI=1S/C18H18N8O8S2Se/c1-25-13(30)11(28)22-23-17(25)36-4-6-3-35-15-9(12(29)26(15)14(6)34-18(31)32)21-10(27)8(24-33-2)7-5-37-16(19)20-7/h5,9,15H,3-4H2,1-2H3,(H2,19,20)(H,21,27)(H,22,28)(H,31,32)/b24-8-/t9-,15-/m1/s1. The summed E-state index contributed by atoms with van der Waals surface area (Å²) in [5, 5.41) is 21.0. The monoisotopic (exact) mass is 618 g/mol. The van der Waals surface area contributed by atoms with Crippen molar-refractivity contribution in [2.24, 2.45) is 12.2 Å². The van der Waals surface area contributed by atoms with E-state index in [2.05, 4.69) is 25.7 Å². The third kappa shape index (κ3) is 5.29. The predicted octanol–water partition coefficient (Wildman–Crippen LogP) is -2.05. The quantitative estimate of drug-likeness (QED) is 0.0477. The van der Waals surface area contributed by atoms with Crippen LogP contribution in [0.3, 0.4) is 0 Å². The van der Waals surface area contributed by atoms with Gasteiger partial charge in [0.25, 0.3) is 0 Å². The molecule has 2 aliphatic rings. The van der Waals surface area contributed by atoms with Crippen molar-refractivity contribution in [2.45, 2.75) is 16.6 Å². The van der Waals surface area contributed by atoms with E-state index in [0.29, 0.717) is 10.3 Å². The molecule has 5 N–H and O–H groups in total. The van der Waals surface area contributed by atoms with Gasteiger partial charge in [0.05, 0.1) is 0 Å². The van der Waals surface area contributed by atoms with Gasteiger partial charge in [-0.1, -0.05) is 0 Å². The van der Waals surface area contributed by atoms with Crippen LogP contribution < -0.4 is 22.2 Å². The van der Waals surface area contributed by atoms with Crippen molar-refractivity contribution < 1.29 is 29.1 Å². The van der Waals surface area contributed by atoms with E-state index in [0.717, 1.165) is 21.2 Å². The number of rotatable bonds is 8. The third-order valence-electron chi connectivity index (χ3n) is 5.04. The van der Waals surface area contributed by atoms with E-state index in [-0.39, 0.29) is 48.5 Å². The second kappa shape index (κ2) is 10.8. The molecule has 1 saturated heterocycles. The number of aromatic nitrogens is 4. The van der Waals surface area contributed by atoms with Crippen molar-refractivity contribution >= 4 is 66.4 Å². The molecule has 4 rings (SSSR count). The number of nitrogens with one attached hydrogen (secondary N) is 2. The molecule has 2 aromatic heterocycles. The van der Waals surface area contributed by atoms with Crippen LogP contribution in [-0.4, -0.2) is 98.0 Å². The Labute approximate surface area is 221 Å². The molecule has 0 bridgehead atoms. The molecule has 2 atom stereocenters. The van der Waals surface area contributed by atoms with Gasteiger partial charge in [0.2, 0.25) is 0 Å². The Morgan fingerprint density at radius 1 is 1.43 bits per heavy atom. The average Bonchev–Trinajstić information content (AvgIpc) is 3.29. The molecule has 2 amide bonds. The van der Waals surface area contributed by atoms with Crippen molar-refractivity contribution in [2.75, 3.05) is 24.3 Å². The van der Waals surface area contributed by atoms with E-state index >= 15 is 0 Å². The first kappa shape index (κ1) is 26.5. The van der Waals surface area contributed by atoms with Gasteiger partial charge in [-0.25, -0.2) is 5.10 Å². The Balaban J connectivity index is 1.52. The van der Waals surface area contributed by atoms with Gasteiger partial charge in [0, 0.05) is 7.05 Å². The minimum atomic E-state index is -1.63. The number of β-lactam (4-membered cyclic amide) rings is 1. The van der Waals surface area contributed by atoms with E-state index in [4.69, 9.17) is 15.3 Å². The van der Waals surface area contributed by atoms with Crippen molar-refractivity contribution in [3.8, 4) is 0 Å². The van der Waals surface area contributed by atoms with E-state index in [1.807, 2.05) is 0 Å². The molecule has 16 nitrogen and oxygen atoms in total. The van der Waals surface area contributed by atoms with Crippen molar-refractivity contribution in [1.29, 1.82) is 0 Å². The molecule has 0 radical (unpaired) electrons. The van der Waals surface area contributed by atoms with Crippen LogP contribution in [0.4, 0.5) is 9.49 Å². The number of nitrogens with zero attached hydrogens (tertiary/aromatic N) is 5. The number of aromatic amines is 1. The number of carbonyl (C=O) groups excluding carboxylic acids is 2. The van der Waals surface area contributed by atoms with Crippen LogP contribution >= 0.6 is 23.5 Å². The van der Waals surface area contributed by atoms with Crippen LogP contribution in [0.15, 0.2) is 36.3 Å². The number of hydrogen-bond donors (Lipinski definition) is 4. The van der Waals surface area contributed by atoms with Gasteiger partial charge in [-0.2, -0.15) is 0 Å². The zero-order chi connectivity index (χ0) is 26.9. The number of nitrogens with two attached hydrogens (primary N) is 1. The van der Waals surface area contributed by atoms with Crippen LogP contribution in [0.5, 0.6) is 0 Å². The number of hydrogen-bond acceptors (Lipinski definition) is 13. The van der Waals surface area contributed by atoms with Gasteiger partial charge in [-0.3, -0.25) is 14.2 Å². The third-order valence-corrected chi connectivity index (χ3v) is 8.91. The number of carbonyl (C=O) groups is 3. The fourth-order valence-corrected chi connectivity index (χ4v) is 6.87. The molecule has 0 saturated carbocycles. The molecule has 0 spiro atoms. The summed E-state index contributed by atoms with van der Waals surface area (Å²) in [6, 6.07) is -0.989. The molecule has 19 heteroatoms. The summed E-state index contributed by atoms with van der Waals surface area (Å²) < 4.78 is 6.35. The SMILES string of the molecule is CO/N=C(\C(=O)N[C@@H]1C(=O)N2C(OC(=O)O)=C(CSc3n[nH]c(=O)c(=O)n3C)CS[C@H]12)c1c[se]c(N)n1. The molecule has 2 aliphatic heterocycles. The molecule has 1 fully saturated rings. The van der Waals surface area contributed by atoms with Gasteiger partial charge in [-0.05, 0) is 0 Å². The molecule has 0 aliphatic carbocycles. The maximum absolute atomic E-state index is 13.0. The normalized spacial score (nSPS) is 19.2. The Morgan fingerprint density at radius 3 is 2.84 bits per heavy atom. The molecule has 37 heavy (non-hydrogen) atoms. The number of fused-ring (bicyclic) bond motifs is 1. The van der Waals surface area contributed by atoms with Gasteiger partial charge in [0.15, 0.2) is 5.16 Å². The summed E-state index contributed by atoms with van der Waals surface area (Å²) >= 11 is 2.09. The zero-order valence-corrected chi connectivity index (χ0v) is 22.3. The number of oxime groups is 1. The van der Waals surface area contributed by atoms with E-state index in [9.17, 15) is 29.1 Å². The zero-order valence-electron chi connectivity index (χ0n) is 19.0. The van der Waals surface area contributed by atoms with Gasteiger partial charge in [0.1, 0.15) is 0 Å². The first-order chi connectivity index (χ1) is 17.6. The summed E-state index contributed by atoms with van der Waals surface area (Å²) in [7, 11) is 2.63. The summed E-state index contributed by atoms with van der Waals surface area (Å²) in [5.74, 6) is -1.13. The number of nitrogen functional groups attached to an aromatic ring is 1. The van der Waals surface area contributed by atoms with Gasteiger partial charge >= 0.3 is 185 Å². The Hall–Kier alpha value is -3.54. The molecule has 0 unspecified atom stereocenters. The van der Waals surface area contributed by atoms with Crippen LogP contribution in [-0.2, 0) is 26.2 Å². The molecule has 0 aromatic carbocycles. The number of amides is 2. The van der Waals surface area contributed by atoms with E-state index < -0.39 is 40.5 Å². The second-order valence-electron chi connectivity index (χ2n) is 7.32. The molecular weight excluding hydrogens is 599 g/mol.